The summed E-state index contributed by atoms with van der Waals surface area (Å²) in [6.07, 6.45) is 2.33. The number of carbonyl (C=O) groups is 1. The van der Waals surface area contributed by atoms with Gasteiger partial charge in [-0.3, -0.25) is 14.9 Å². The molecule has 0 atom stereocenters. The maximum absolute atomic E-state index is 13.1. The first-order chi connectivity index (χ1) is 16.9. The Hall–Kier alpha value is -4.92. The van der Waals surface area contributed by atoms with E-state index in [0.29, 0.717) is 22.5 Å². The van der Waals surface area contributed by atoms with Gasteiger partial charge in [-0.05, 0) is 36.8 Å². The summed E-state index contributed by atoms with van der Waals surface area (Å²) in [5, 5.41) is 11.7. The maximum Gasteiger partial charge on any atom is 0.336 e. The minimum atomic E-state index is -0.767. The lowest BCUT2D eigenvalue weighted by molar-refractivity contribution is -0.385. The van der Waals surface area contributed by atoms with Gasteiger partial charge in [-0.15, -0.1) is 0 Å². The van der Waals surface area contributed by atoms with Crippen LogP contribution in [0.5, 0.6) is 17.2 Å². The Kier molecular flexibility index (Phi) is 5.50. The quantitative estimate of drug-likeness (QED) is 0.131. The van der Waals surface area contributed by atoms with E-state index in [1.165, 1.54) is 36.4 Å². The molecule has 5 rings (SSSR count). The van der Waals surface area contributed by atoms with Crippen molar-refractivity contribution in [2.75, 3.05) is 6.79 Å². The Morgan fingerprint density at radius 1 is 1.06 bits per heavy atom. The van der Waals surface area contributed by atoms with Gasteiger partial charge in [-0.1, -0.05) is 30.3 Å². The van der Waals surface area contributed by atoms with E-state index in [4.69, 9.17) is 18.6 Å². The second-order valence-corrected chi connectivity index (χ2v) is 7.66. The number of nitrogens with zero attached hydrogens (tertiary/aromatic N) is 1. The number of aryl methyl sites for hydroxylation is 1. The highest BCUT2D eigenvalue weighted by Crippen LogP contribution is 2.38. The summed E-state index contributed by atoms with van der Waals surface area (Å²) >= 11 is 0. The Bertz CT molecular complexity index is 1570. The van der Waals surface area contributed by atoms with E-state index in [0.717, 1.165) is 11.6 Å². The fraction of sp³-hybridized carbons (Fsp3) is 0.0769. The first kappa shape index (κ1) is 21.9. The monoisotopic (exact) mass is 471 g/mol. The average molecular weight is 471 g/mol. The number of fused-ring (bicyclic) bond motifs is 2. The van der Waals surface area contributed by atoms with E-state index >= 15 is 0 Å². The molecule has 9 heteroatoms. The smallest absolute Gasteiger partial charge is 0.336 e. The molecule has 0 radical (unpaired) electrons. The van der Waals surface area contributed by atoms with Gasteiger partial charge in [0.15, 0.2) is 11.5 Å². The van der Waals surface area contributed by atoms with Crippen LogP contribution < -0.4 is 19.6 Å². The highest BCUT2D eigenvalue weighted by molar-refractivity contribution is 5.91. The topological polar surface area (TPSA) is 118 Å². The summed E-state index contributed by atoms with van der Waals surface area (Å²) < 4.78 is 21.6. The number of hydrogen-bond donors (Lipinski definition) is 0. The van der Waals surface area contributed by atoms with Gasteiger partial charge < -0.3 is 18.6 Å². The molecule has 0 spiro atoms. The lowest BCUT2D eigenvalue weighted by Gasteiger charge is -2.08. The number of benzene rings is 3. The predicted molar refractivity (Wildman–Crippen MR) is 127 cm³/mol. The highest BCUT2D eigenvalue weighted by Gasteiger charge is 2.22. The summed E-state index contributed by atoms with van der Waals surface area (Å²) in [6.45, 7) is 1.66. The van der Waals surface area contributed by atoms with E-state index < -0.39 is 10.9 Å². The normalized spacial score (nSPS) is 12.3. The highest BCUT2D eigenvalue weighted by atomic mass is 16.7. The number of ether oxygens (including phenoxy) is 3. The van der Waals surface area contributed by atoms with Crippen molar-refractivity contribution in [3.05, 3.63) is 98.4 Å². The number of nitro groups is 1. The number of nitro benzene ring substituents is 1. The van der Waals surface area contributed by atoms with Crippen LogP contribution in [0, 0.1) is 17.0 Å². The number of carbonyl (C=O) groups excluding carboxylic acids is 1. The fourth-order valence-corrected chi connectivity index (χ4v) is 3.83. The van der Waals surface area contributed by atoms with E-state index in [1.807, 2.05) is 30.3 Å². The molecule has 174 valence electrons. The van der Waals surface area contributed by atoms with Crippen LogP contribution in [0.1, 0.15) is 11.3 Å². The molecule has 0 saturated carbocycles. The van der Waals surface area contributed by atoms with Gasteiger partial charge in [-0.2, -0.15) is 0 Å². The van der Waals surface area contributed by atoms with Gasteiger partial charge in [0, 0.05) is 12.1 Å². The molecule has 0 N–H and O–H groups in total. The van der Waals surface area contributed by atoms with Gasteiger partial charge in [0.1, 0.15) is 17.1 Å². The molecule has 1 aliphatic rings. The van der Waals surface area contributed by atoms with E-state index in [-0.39, 0.29) is 40.6 Å². The van der Waals surface area contributed by atoms with Gasteiger partial charge >= 0.3 is 5.97 Å². The van der Waals surface area contributed by atoms with Crippen molar-refractivity contribution in [2.24, 2.45) is 0 Å². The van der Waals surface area contributed by atoms with Gasteiger partial charge in [0.25, 0.3) is 5.69 Å². The zero-order chi connectivity index (χ0) is 24.5. The van der Waals surface area contributed by atoms with Crippen LogP contribution in [0.15, 0.2) is 76.0 Å². The predicted octanol–water partition coefficient (Wildman–Crippen LogP) is 5.02. The van der Waals surface area contributed by atoms with Crippen molar-refractivity contribution in [2.45, 2.75) is 6.92 Å². The summed E-state index contributed by atoms with van der Waals surface area (Å²) in [6, 6.07) is 16.3. The van der Waals surface area contributed by atoms with Crippen LogP contribution in [-0.4, -0.2) is 17.7 Å². The minimum Gasteiger partial charge on any atom is -0.460 e. The standard InChI is InChI=1S/C26H17NO8/c1-15-25(16-5-3-2-4-6-16)26(29)19-9-8-18(12-21(19)34-15)35-24(28)10-7-17-11-22-23(33-14-32-22)13-20(17)27(30)31/h2-13H,14H2,1H3/b10-7+. The minimum absolute atomic E-state index is 0.0356. The number of rotatable bonds is 5. The van der Waals surface area contributed by atoms with Crippen LogP contribution in [0.4, 0.5) is 5.69 Å². The zero-order valence-electron chi connectivity index (χ0n) is 18.3. The average Bonchev–Trinajstić information content (AvgIpc) is 3.30. The second kappa shape index (κ2) is 8.79. The molecule has 4 aromatic rings. The molecular formula is C26H17NO8. The molecule has 0 amide bonds. The largest absolute Gasteiger partial charge is 0.460 e. The van der Waals surface area contributed by atoms with Crippen LogP contribution in [0.3, 0.4) is 0 Å². The summed E-state index contributed by atoms with van der Waals surface area (Å²) in [7, 11) is 0. The van der Waals surface area contributed by atoms with E-state index in [9.17, 15) is 19.7 Å². The molecule has 0 fully saturated rings. The third-order valence-electron chi connectivity index (χ3n) is 5.44. The Labute approximate surface area is 197 Å². The van der Waals surface area contributed by atoms with E-state index in [2.05, 4.69) is 0 Å². The molecule has 1 aliphatic heterocycles. The van der Waals surface area contributed by atoms with E-state index in [1.54, 1.807) is 6.92 Å². The van der Waals surface area contributed by atoms with Gasteiger partial charge in [0.05, 0.1) is 27.5 Å². The number of esters is 1. The molecule has 3 aromatic carbocycles. The summed E-state index contributed by atoms with van der Waals surface area (Å²) in [4.78, 5) is 36.2. The molecule has 2 heterocycles. The summed E-state index contributed by atoms with van der Waals surface area (Å²) in [5.74, 6) is 0.434. The zero-order valence-corrected chi connectivity index (χ0v) is 18.3. The first-order valence-corrected chi connectivity index (χ1v) is 10.5. The molecule has 35 heavy (non-hydrogen) atoms. The molecule has 0 unspecified atom stereocenters. The van der Waals surface area contributed by atoms with Gasteiger partial charge in [0.2, 0.25) is 12.2 Å². The molecule has 1 aromatic heterocycles. The van der Waals surface area contributed by atoms with Crippen molar-refractivity contribution in [3.8, 4) is 28.4 Å². The number of hydrogen-bond acceptors (Lipinski definition) is 8. The van der Waals surface area contributed by atoms with Crippen molar-refractivity contribution in [1.82, 2.24) is 0 Å². The van der Waals surface area contributed by atoms with Crippen molar-refractivity contribution >= 4 is 28.7 Å². The van der Waals surface area contributed by atoms with Crippen molar-refractivity contribution < 1.29 is 28.3 Å². The first-order valence-electron chi connectivity index (χ1n) is 10.5. The SMILES string of the molecule is Cc1oc2cc(OC(=O)/C=C/c3cc4c(cc3[N+](=O)[O-])OCO4)ccc2c(=O)c1-c1ccccc1. The van der Waals surface area contributed by atoms with Crippen LogP contribution in [0.2, 0.25) is 0 Å². The van der Waals surface area contributed by atoms with Gasteiger partial charge in [-0.25, -0.2) is 4.79 Å². The lowest BCUT2D eigenvalue weighted by Crippen LogP contribution is -2.08. The Morgan fingerprint density at radius 3 is 2.54 bits per heavy atom. The molecule has 9 nitrogen and oxygen atoms in total. The molecule has 0 aliphatic carbocycles. The maximum atomic E-state index is 13.1. The molecule has 0 saturated heterocycles. The molecular weight excluding hydrogens is 454 g/mol. The Balaban J connectivity index is 1.40. The molecule has 0 bridgehead atoms. The van der Waals surface area contributed by atoms with Crippen LogP contribution in [0.25, 0.3) is 28.2 Å². The lowest BCUT2D eigenvalue weighted by atomic mass is 10.0. The third kappa shape index (κ3) is 4.22. The third-order valence-corrected chi connectivity index (χ3v) is 5.44. The summed E-state index contributed by atoms with van der Waals surface area (Å²) in [5.41, 5.74) is 1.21. The fourth-order valence-electron chi connectivity index (χ4n) is 3.83. The Morgan fingerprint density at radius 2 is 1.80 bits per heavy atom. The van der Waals surface area contributed by atoms with Crippen LogP contribution >= 0.6 is 0 Å². The van der Waals surface area contributed by atoms with Crippen LogP contribution in [-0.2, 0) is 4.79 Å². The van der Waals surface area contributed by atoms with Crippen molar-refractivity contribution in [3.63, 3.8) is 0 Å². The van der Waals surface area contributed by atoms with Crippen molar-refractivity contribution in [1.29, 1.82) is 0 Å². The second-order valence-electron chi connectivity index (χ2n) is 7.66.